The molecule has 1 aromatic heterocycles. The molecule has 3 rings (SSSR count). The van der Waals surface area contributed by atoms with E-state index in [0.717, 1.165) is 18.2 Å². The molecular formula is C19H14N4O7S. The number of benzene rings is 2. The molecule has 0 fully saturated rings. The number of thiophene rings is 1. The van der Waals surface area contributed by atoms with Crippen LogP contribution >= 0.6 is 11.3 Å². The Hall–Kier alpha value is -4.32. The fraction of sp³-hybridized carbons (Fsp3) is 0.0526. The molecule has 2 aromatic carbocycles. The van der Waals surface area contributed by atoms with E-state index in [-0.39, 0.29) is 23.2 Å². The fourth-order valence-electron chi connectivity index (χ4n) is 2.44. The molecule has 12 heteroatoms. The average Bonchev–Trinajstić information content (AvgIpc) is 3.29. The van der Waals surface area contributed by atoms with E-state index in [1.54, 1.807) is 29.6 Å². The number of carbonyl (C=O) groups is 1. The highest BCUT2D eigenvalue weighted by Crippen LogP contribution is 2.38. The molecule has 0 atom stereocenters. The van der Waals surface area contributed by atoms with Crippen molar-refractivity contribution in [3.8, 4) is 17.2 Å². The fourth-order valence-corrected chi connectivity index (χ4v) is 3.06. The standard InChI is InChI=1S/C19H14N4O7S/c1-29-17-9-12(11-20-21-19(24)18-3-2-8-31-18)4-6-16(17)30-15-7-5-13(22(25)26)10-14(15)23(27)28/h2-11H,1H3,(H,21,24)/b20-11-. The second-order valence-electron chi connectivity index (χ2n) is 5.86. The van der Waals surface area contributed by atoms with Gasteiger partial charge >= 0.3 is 5.69 Å². The van der Waals surface area contributed by atoms with Crippen LogP contribution in [0.3, 0.4) is 0 Å². The number of rotatable bonds is 8. The number of non-ortho nitro benzene ring substituents is 1. The lowest BCUT2D eigenvalue weighted by Gasteiger charge is -2.11. The van der Waals surface area contributed by atoms with Gasteiger partial charge in [0.25, 0.3) is 11.6 Å². The number of carbonyl (C=O) groups excluding carboxylic acids is 1. The van der Waals surface area contributed by atoms with Crippen LogP contribution in [-0.2, 0) is 0 Å². The number of nitro groups is 2. The Morgan fingerprint density at radius 1 is 1.06 bits per heavy atom. The molecule has 3 aromatic rings. The zero-order chi connectivity index (χ0) is 22.4. The summed E-state index contributed by atoms with van der Waals surface area (Å²) < 4.78 is 10.8. The van der Waals surface area contributed by atoms with Crippen molar-refractivity contribution in [2.45, 2.75) is 0 Å². The van der Waals surface area contributed by atoms with E-state index in [4.69, 9.17) is 9.47 Å². The van der Waals surface area contributed by atoms with Crippen molar-refractivity contribution in [1.29, 1.82) is 0 Å². The lowest BCUT2D eigenvalue weighted by Crippen LogP contribution is -2.16. The van der Waals surface area contributed by atoms with Crippen LogP contribution in [0.2, 0.25) is 0 Å². The van der Waals surface area contributed by atoms with Gasteiger partial charge in [-0.15, -0.1) is 11.3 Å². The minimum atomic E-state index is -0.772. The number of hydrogen-bond acceptors (Lipinski definition) is 9. The highest BCUT2D eigenvalue weighted by Gasteiger charge is 2.22. The normalized spacial score (nSPS) is 10.6. The summed E-state index contributed by atoms with van der Waals surface area (Å²) in [6.45, 7) is 0. The molecule has 0 saturated heterocycles. The zero-order valence-corrected chi connectivity index (χ0v) is 16.7. The van der Waals surface area contributed by atoms with Crippen molar-refractivity contribution in [2.24, 2.45) is 5.10 Å². The Morgan fingerprint density at radius 2 is 1.84 bits per heavy atom. The Bertz CT molecular complexity index is 1160. The number of ether oxygens (including phenoxy) is 2. The molecule has 0 aliphatic heterocycles. The molecule has 0 unspecified atom stereocenters. The first-order valence-electron chi connectivity index (χ1n) is 8.54. The summed E-state index contributed by atoms with van der Waals surface area (Å²) >= 11 is 1.28. The first-order valence-corrected chi connectivity index (χ1v) is 9.42. The molecule has 31 heavy (non-hydrogen) atoms. The van der Waals surface area contributed by atoms with Crippen LogP contribution in [0.5, 0.6) is 17.2 Å². The lowest BCUT2D eigenvalue weighted by atomic mass is 10.2. The lowest BCUT2D eigenvalue weighted by molar-refractivity contribution is -0.394. The topological polar surface area (TPSA) is 146 Å². The highest BCUT2D eigenvalue weighted by atomic mass is 32.1. The largest absolute Gasteiger partial charge is 0.493 e. The van der Waals surface area contributed by atoms with Crippen molar-refractivity contribution in [1.82, 2.24) is 5.43 Å². The Labute approximate surface area is 178 Å². The van der Waals surface area contributed by atoms with E-state index in [2.05, 4.69) is 10.5 Å². The predicted molar refractivity (Wildman–Crippen MR) is 112 cm³/mol. The van der Waals surface area contributed by atoms with Crippen LogP contribution in [-0.4, -0.2) is 29.1 Å². The molecule has 1 N–H and O–H groups in total. The van der Waals surface area contributed by atoms with Gasteiger partial charge in [-0.05, 0) is 41.3 Å². The second kappa shape index (κ2) is 9.45. The van der Waals surface area contributed by atoms with Crippen molar-refractivity contribution in [3.63, 3.8) is 0 Å². The van der Waals surface area contributed by atoms with Gasteiger partial charge in [-0.1, -0.05) is 6.07 Å². The monoisotopic (exact) mass is 442 g/mol. The van der Waals surface area contributed by atoms with Gasteiger partial charge in [0, 0.05) is 6.07 Å². The number of methoxy groups -OCH3 is 1. The van der Waals surface area contributed by atoms with E-state index in [1.165, 1.54) is 30.7 Å². The third-order valence-electron chi connectivity index (χ3n) is 3.88. The zero-order valence-electron chi connectivity index (χ0n) is 15.9. The molecule has 1 amide bonds. The van der Waals surface area contributed by atoms with E-state index in [1.807, 2.05) is 0 Å². The summed E-state index contributed by atoms with van der Waals surface area (Å²) in [4.78, 5) is 33.0. The number of amides is 1. The maximum atomic E-state index is 11.9. The van der Waals surface area contributed by atoms with E-state index >= 15 is 0 Å². The Morgan fingerprint density at radius 3 is 2.48 bits per heavy atom. The summed E-state index contributed by atoms with van der Waals surface area (Å²) in [6, 6.07) is 11.1. The van der Waals surface area contributed by atoms with Gasteiger partial charge in [-0.3, -0.25) is 25.0 Å². The highest BCUT2D eigenvalue weighted by molar-refractivity contribution is 7.12. The molecule has 0 saturated carbocycles. The van der Waals surface area contributed by atoms with Crippen molar-refractivity contribution in [2.75, 3.05) is 7.11 Å². The minimum Gasteiger partial charge on any atom is -0.493 e. The SMILES string of the molecule is COc1cc(/C=N\NC(=O)c2cccs2)ccc1Oc1ccc([N+](=O)[O-])cc1[N+](=O)[O-]. The van der Waals surface area contributed by atoms with Gasteiger partial charge in [-0.25, -0.2) is 5.43 Å². The smallest absolute Gasteiger partial charge is 0.318 e. The third kappa shape index (κ3) is 5.19. The Kier molecular flexibility index (Phi) is 6.52. The number of nitrogens with zero attached hydrogens (tertiary/aromatic N) is 3. The maximum Gasteiger partial charge on any atom is 0.318 e. The van der Waals surface area contributed by atoms with Crippen LogP contribution in [0.1, 0.15) is 15.2 Å². The molecule has 11 nitrogen and oxygen atoms in total. The molecule has 158 valence electrons. The van der Waals surface area contributed by atoms with Crippen LogP contribution in [0, 0.1) is 20.2 Å². The quantitative estimate of drug-likeness (QED) is 0.313. The van der Waals surface area contributed by atoms with Crippen LogP contribution in [0.15, 0.2) is 59.0 Å². The van der Waals surface area contributed by atoms with Gasteiger partial charge < -0.3 is 9.47 Å². The first-order chi connectivity index (χ1) is 14.9. The van der Waals surface area contributed by atoms with Gasteiger partial charge in [0.1, 0.15) is 0 Å². The summed E-state index contributed by atoms with van der Waals surface area (Å²) in [6.07, 6.45) is 1.39. The number of nitrogens with one attached hydrogen (secondary N) is 1. The van der Waals surface area contributed by atoms with E-state index in [9.17, 15) is 25.0 Å². The number of hydrogen-bond donors (Lipinski definition) is 1. The van der Waals surface area contributed by atoms with Crippen molar-refractivity contribution >= 4 is 34.8 Å². The Balaban J connectivity index is 1.79. The van der Waals surface area contributed by atoms with Gasteiger partial charge in [0.2, 0.25) is 5.75 Å². The predicted octanol–water partition coefficient (Wildman–Crippen LogP) is 4.13. The van der Waals surface area contributed by atoms with Crippen molar-refractivity contribution in [3.05, 3.63) is 84.6 Å². The van der Waals surface area contributed by atoms with E-state index in [0.29, 0.717) is 10.4 Å². The van der Waals surface area contributed by atoms with Gasteiger partial charge in [0.15, 0.2) is 11.5 Å². The minimum absolute atomic E-state index is 0.152. The van der Waals surface area contributed by atoms with Gasteiger partial charge in [-0.2, -0.15) is 5.10 Å². The summed E-state index contributed by atoms with van der Waals surface area (Å²) in [5.41, 5.74) is 1.98. The van der Waals surface area contributed by atoms with Crippen LogP contribution in [0.25, 0.3) is 0 Å². The molecule has 0 radical (unpaired) electrons. The maximum absolute atomic E-state index is 11.9. The average molecular weight is 442 g/mol. The molecular weight excluding hydrogens is 428 g/mol. The van der Waals surface area contributed by atoms with Crippen molar-refractivity contribution < 1.29 is 24.1 Å². The number of hydrazone groups is 1. The van der Waals surface area contributed by atoms with Crippen LogP contribution in [0.4, 0.5) is 11.4 Å². The molecule has 1 heterocycles. The van der Waals surface area contributed by atoms with Gasteiger partial charge in [0.05, 0.1) is 34.1 Å². The first kappa shape index (κ1) is 21.4. The van der Waals surface area contributed by atoms with Crippen LogP contribution < -0.4 is 14.9 Å². The number of nitro benzene ring substituents is 2. The molecule has 0 aliphatic rings. The summed E-state index contributed by atoms with van der Waals surface area (Å²) in [5, 5.41) is 27.8. The molecule has 0 spiro atoms. The molecule has 0 aliphatic carbocycles. The summed E-state index contributed by atoms with van der Waals surface area (Å²) in [5.74, 6) is -0.136. The molecule has 0 bridgehead atoms. The third-order valence-corrected chi connectivity index (χ3v) is 4.75. The summed E-state index contributed by atoms with van der Waals surface area (Å²) in [7, 11) is 1.38. The van der Waals surface area contributed by atoms with E-state index < -0.39 is 21.2 Å². The second-order valence-corrected chi connectivity index (χ2v) is 6.80.